The molecule has 0 rings (SSSR count). The zero-order valence-electron chi connectivity index (χ0n) is 15.1. The molecule has 0 aliphatic heterocycles. The zero-order chi connectivity index (χ0) is 20.4. The molecule has 0 aromatic carbocycles. The largest absolute Gasteiger partial charge is 0.480 e. The van der Waals surface area contributed by atoms with Crippen LogP contribution >= 0.6 is 12.6 Å². The van der Waals surface area contributed by atoms with E-state index < -0.39 is 54.5 Å². The SMILES string of the molecule is CC(C)CC(NC(=O)C(N)CS)C(=O)NCC(=O)NC(C(=O)O)C(C)O. The van der Waals surface area contributed by atoms with Gasteiger partial charge < -0.3 is 31.9 Å². The summed E-state index contributed by atoms with van der Waals surface area (Å²) in [5.41, 5.74) is 5.57. The van der Waals surface area contributed by atoms with Crippen LogP contribution in [0.4, 0.5) is 0 Å². The molecule has 11 heteroatoms. The fraction of sp³-hybridized carbons (Fsp3) is 0.733. The number of hydrogen-bond acceptors (Lipinski definition) is 7. The van der Waals surface area contributed by atoms with Crippen LogP contribution < -0.4 is 21.7 Å². The summed E-state index contributed by atoms with van der Waals surface area (Å²) in [7, 11) is 0. The van der Waals surface area contributed by atoms with Crippen molar-refractivity contribution in [1.29, 1.82) is 0 Å². The van der Waals surface area contributed by atoms with Gasteiger partial charge in [0.25, 0.3) is 0 Å². The minimum Gasteiger partial charge on any atom is -0.480 e. The Morgan fingerprint density at radius 1 is 1.08 bits per heavy atom. The lowest BCUT2D eigenvalue weighted by Crippen LogP contribution is -2.55. The summed E-state index contributed by atoms with van der Waals surface area (Å²) in [6.07, 6.45) is -0.980. The van der Waals surface area contributed by atoms with Crippen LogP contribution in [0.2, 0.25) is 0 Å². The molecule has 4 unspecified atom stereocenters. The highest BCUT2D eigenvalue weighted by Gasteiger charge is 2.27. The molecule has 4 atom stereocenters. The van der Waals surface area contributed by atoms with E-state index in [1.165, 1.54) is 6.92 Å². The first kappa shape index (κ1) is 24.1. The lowest BCUT2D eigenvalue weighted by Gasteiger charge is -2.22. The normalized spacial score (nSPS) is 15.5. The average Bonchev–Trinajstić information content (AvgIpc) is 2.54. The third-order valence-corrected chi connectivity index (χ3v) is 3.76. The Balaban J connectivity index is 4.76. The van der Waals surface area contributed by atoms with Crippen molar-refractivity contribution in [3.8, 4) is 0 Å². The summed E-state index contributed by atoms with van der Waals surface area (Å²) in [5.74, 6) is -3.12. The number of aliphatic hydroxyl groups excluding tert-OH is 1. The van der Waals surface area contributed by atoms with Gasteiger partial charge in [-0.15, -0.1) is 0 Å². The summed E-state index contributed by atoms with van der Waals surface area (Å²) in [4.78, 5) is 46.8. The molecule has 7 N–H and O–H groups in total. The summed E-state index contributed by atoms with van der Waals surface area (Å²) >= 11 is 3.92. The van der Waals surface area contributed by atoms with Crippen molar-refractivity contribution >= 4 is 36.3 Å². The van der Waals surface area contributed by atoms with Gasteiger partial charge in [0.2, 0.25) is 17.7 Å². The van der Waals surface area contributed by atoms with Crippen LogP contribution in [0.1, 0.15) is 27.2 Å². The first-order chi connectivity index (χ1) is 12.0. The molecule has 3 amide bonds. The Bertz CT molecular complexity index is 514. The number of carbonyl (C=O) groups excluding carboxylic acids is 3. The van der Waals surface area contributed by atoms with Crippen LogP contribution in [0, 0.1) is 5.92 Å². The van der Waals surface area contributed by atoms with Gasteiger partial charge >= 0.3 is 5.97 Å². The van der Waals surface area contributed by atoms with E-state index in [9.17, 15) is 24.3 Å². The number of rotatable bonds is 11. The first-order valence-electron chi connectivity index (χ1n) is 8.14. The van der Waals surface area contributed by atoms with Crippen molar-refractivity contribution in [1.82, 2.24) is 16.0 Å². The van der Waals surface area contributed by atoms with Crippen LogP contribution in [0.15, 0.2) is 0 Å². The number of amides is 3. The number of carboxylic acids is 1. The molecule has 0 spiro atoms. The highest BCUT2D eigenvalue weighted by molar-refractivity contribution is 7.80. The van der Waals surface area contributed by atoms with E-state index in [2.05, 4.69) is 28.6 Å². The van der Waals surface area contributed by atoms with Crippen LogP contribution in [-0.4, -0.2) is 70.4 Å². The molecule has 0 aliphatic rings. The Labute approximate surface area is 157 Å². The standard InChI is InChI=1S/C15H28N4O6S/c1-7(2)4-10(18-13(22)9(16)6-26)14(23)17-5-11(21)19-12(8(3)20)15(24)25/h7-10,12,20,26H,4-6,16H2,1-3H3,(H,17,23)(H,18,22)(H,19,21)(H,24,25). The average molecular weight is 392 g/mol. The predicted octanol–water partition coefficient (Wildman–Crippen LogP) is -2.16. The first-order valence-corrected chi connectivity index (χ1v) is 8.77. The van der Waals surface area contributed by atoms with E-state index in [0.717, 1.165) is 0 Å². The van der Waals surface area contributed by atoms with Crippen molar-refractivity contribution in [3.05, 3.63) is 0 Å². The van der Waals surface area contributed by atoms with Gasteiger partial charge in [0.1, 0.15) is 6.04 Å². The molecule has 26 heavy (non-hydrogen) atoms. The quantitative estimate of drug-likeness (QED) is 0.196. The fourth-order valence-corrected chi connectivity index (χ4v) is 2.13. The van der Waals surface area contributed by atoms with E-state index in [4.69, 9.17) is 10.8 Å². The summed E-state index contributed by atoms with van der Waals surface area (Å²) in [6.45, 7) is 4.44. The molecule has 0 radical (unpaired) electrons. The monoisotopic (exact) mass is 392 g/mol. The van der Waals surface area contributed by atoms with Crippen molar-refractivity contribution in [2.24, 2.45) is 11.7 Å². The number of nitrogens with one attached hydrogen (secondary N) is 3. The smallest absolute Gasteiger partial charge is 0.328 e. The highest BCUT2D eigenvalue weighted by atomic mass is 32.1. The molecule has 0 aromatic heterocycles. The van der Waals surface area contributed by atoms with Gasteiger partial charge in [-0.25, -0.2) is 4.79 Å². The van der Waals surface area contributed by atoms with Gasteiger partial charge in [0, 0.05) is 5.75 Å². The van der Waals surface area contributed by atoms with Crippen molar-refractivity contribution in [2.45, 2.75) is 51.4 Å². The summed E-state index contributed by atoms with van der Waals surface area (Å²) in [5, 5.41) is 25.2. The molecule has 0 aliphatic carbocycles. The minimum atomic E-state index is -1.49. The van der Waals surface area contributed by atoms with Gasteiger partial charge in [-0.3, -0.25) is 14.4 Å². The fourth-order valence-electron chi connectivity index (χ4n) is 1.97. The van der Waals surface area contributed by atoms with Crippen molar-refractivity contribution in [3.63, 3.8) is 0 Å². The third kappa shape index (κ3) is 9.02. The van der Waals surface area contributed by atoms with Gasteiger partial charge in [-0.1, -0.05) is 13.8 Å². The molecule has 0 heterocycles. The molecular formula is C15H28N4O6S. The Morgan fingerprint density at radius 2 is 1.65 bits per heavy atom. The van der Waals surface area contributed by atoms with Crippen LogP contribution in [0.5, 0.6) is 0 Å². The second kappa shape index (κ2) is 11.7. The third-order valence-electron chi connectivity index (χ3n) is 3.36. The molecule has 0 fully saturated rings. The Hall–Kier alpha value is -1.85. The maximum absolute atomic E-state index is 12.3. The van der Waals surface area contributed by atoms with Gasteiger partial charge in [-0.05, 0) is 19.3 Å². The van der Waals surface area contributed by atoms with E-state index in [1.54, 1.807) is 0 Å². The maximum Gasteiger partial charge on any atom is 0.328 e. The van der Waals surface area contributed by atoms with Crippen molar-refractivity contribution in [2.75, 3.05) is 12.3 Å². The number of aliphatic carboxylic acids is 1. The lowest BCUT2D eigenvalue weighted by atomic mass is 10.0. The highest BCUT2D eigenvalue weighted by Crippen LogP contribution is 2.05. The second-order valence-corrected chi connectivity index (χ2v) is 6.69. The van der Waals surface area contributed by atoms with Gasteiger partial charge in [0.05, 0.1) is 18.7 Å². The summed E-state index contributed by atoms with van der Waals surface area (Å²) < 4.78 is 0. The number of aliphatic hydroxyl groups is 1. The minimum absolute atomic E-state index is 0.0822. The lowest BCUT2D eigenvalue weighted by molar-refractivity contribution is -0.144. The predicted molar refractivity (Wildman–Crippen MR) is 97.5 cm³/mol. The topological polar surface area (TPSA) is 171 Å². The Morgan fingerprint density at radius 3 is 2.08 bits per heavy atom. The van der Waals surface area contributed by atoms with E-state index >= 15 is 0 Å². The molecule has 0 saturated carbocycles. The van der Waals surface area contributed by atoms with E-state index in [-0.39, 0.29) is 11.7 Å². The molecule has 10 nitrogen and oxygen atoms in total. The molecule has 0 saturated heterocycles. The number of hydrogen-bond donors (Lipinski definition) is 7. The number of carbonyl (C=O) groups is 4. The summed E-state index contributed by atoms with van der Waals surface area (Å²) in [6, 6.07) is -3.25. The number of nitrogens with two attached hydrogens (primary N) is 1. The zero-order valence-corrected chi connectivity index (χ0v) is 16.0. The van der Waals surface area contributed by atoms with E-state index in [0.29, 0.717) is 6.42 Å². The van der Waals surface area contributed by atoms with Gasteiger partial charge in [-0.2, -0.15) is 12.6 Å². The van der Waals surface area contributed by atoms with Crippen LogP contribution in [0.3, 0.4) is 0 Å². The molecule has 0 bridgehead atoms. The maximum atomic E-state index is 12.3. The second-order valence-electron chi connectivity index (χ2n) is 6.32. The van der Waals surface area contributed by atoms with Gasteiger partial charge in [0.15, 0.2) is 6.04 Å². The number of thiol groups is 1. The van der Waals surface area contributed by atoms with Crippen LogP contribution in [0.25, 0.3) is 0 Å². The number of carboxylic acid groups (broad SMARTS) is 1. The molecule has 0 aromatic rings. The van der Waals surface area contributed by atoms with Crippen molar-refractivity contribution < 1.29 is 29.4 Å². The van der Waals surface area contributed by atoms with E-state index in [1.807, 2.05) is 13.8 Å². The Kier molecular flexibility index (Phi) is 10.9. The molecular weight excluding hydrogens is 364 g/mol. The van der Waals surface area contributed by atoms with Crippen LogP contribution in [-0.2, 0) is 19.2 Å². The molecule has 150 valence electrons.